The van der Waals surface area contributed by atoms with Crippen LogP contribution in [0.4, 0.5) is 0 Å². The zero-order chi connectivity index (χ0) is 13.4. The highest BCUT2D eigenvalue weighted by atomic mass is 16.5. The first-order valence-electron chi connectivity index (χ1n) is 7.24. The summed E-state index contributed by atoms with van der Waals surface area (Å²) in [6.45, 7) is 12.0. The Balaban J connectivity index is 2.25. The first-order chi connectivity index (χ1) is 8.63. The molecule has 1 N–H and O–H groups in total. The van der Waals surface area contributed by atoms with Gasteiger partial charge in [-0.25, -0.2) is 0 Å². The van der Waals surface area contributed by atoms with E-state index in [1.54, 1.807) is 0 Å². The lowest BCUT2D eigenvalue weighted by Gasteiger charge is -2.34. The van der Waals surface area contributed by atoms with E-state index in [9.17, 15) is 0 Å². The molecule has 0 aromatic carbocycles. The van der Waals surface area contributed by atoms with Crippen LogP contribution in [-0.2, 0) is 9.47 Å². The quantitative estimate of drug-likeness (QED) is 0.713. The van der Waals surface area contributed by atoms with Crippen LogP contribution < -0.4 is 5.32 Å². The van der Waals surface area contributed by atoms with Crippen molar-refractivity contribution in [3.8, 4) is 0 Å². The predicted octanol–water partition coefficient (Wildman–Crippen LogP) is 1.36. The Morgan fingerprint density at radius 2 is 2.22 bits per heavy atom. The Morgan fingerprint density at radius 1 is 1.44 bits per heavy atom. The second-order valence-electron chi connectivity index (χ2n) is 5.47. The van der Waals surface area contributed by atoms with Crippen molar-refractivity contribution in [3.05, 3.63) is 0 Å². The van der Waals surface area contributed by atoms with E-state index in [2.05, 4.69) is 38.0 Å². The van der Waals surface area contributed by atoms with Crippen LogP contribution in [-0.4, -0.2) is 63.5 Å². The van der Waals surface area contributed by atoms with Crippen LogP contribution in [0.3, 0.4) is 0 Å². The molecule has 1 saturated heterocycles. The second kappa shape index (κ2) is 8.86. The molecule has 0 spiro atoms. The molecule has 0 amide bonds. The molecule has 18 heavy (non-hydrogen) atoms. The maximum Gasteiger partial charge on any atom is 0.0596 e. The zero-order valence-corrected chi connectivity index (χ0v) is 12.4. The fourth-order valence-electron chi connectivity index (χ4n) is 2.44. The third kappa shape index (κ3) is 6.14. The normalized spacial score (nSPS) is 25.0. The van der Waals surface area contributed by atoms with Crippen LogP contribution in [0, 0.1) is 5.92 Å². The van der Waals surface area contributed by atoms with Gasteiger partial charge < -0.3 is 19.7 Å². The zero-order valence-electron chi connectivity index (χ0n) is 12.4. The summed E-state index contributed by atoms with van der Waals surface area (Å²) in [5.74, 6) is 0.600. The lowest BCUT2D eigenvalue weighted by atomic mass is 9.95. The van der Waals surface area contributed by atoms with Gasteiger partial charge in [-0.05, 0) is 33.9 Å². The first-order valence-corrected chi connectivity index (χ1v) is 7.24. The molecule has 108 valence electrons. The molecule has 0 bridgehead atoms. The van der Waals surface area contributed by atoms with Gasteiger partial charge in [0.2, 0.25) is 0 Å². The molecule has 2 atom stereocenters. The summed E-state index contributed by atoms with van der Waals surface area (Å²) in [6.07, 6.45) is 1.46. The molecule has 4 heteroatoms. The Bertz CT molecular complexity index is 210. The molecule has 0 saturated carbocycles. The number of nitrogens with zero attached hydrogens (tertiary/aromatic N) is 1. The van der Waals surface area contributed by atoms with Gasteiger partial charge in [-0.15, -0.1) is 0 Å². The topological polar surface area (TPSA) is 33.7 Å². The van der Waals surface area contributed by atoms with Crippen molar-refractivity contribution >= 4 is 0 Å². The maximum absolute atomic E-state index is 5.60. The van der Waals surface area contributed by atoms with Gasteiger partial charge in [0.05, 0.1) is 19.3 Å². The summed E-state index contributed by atoms with van der Waals surface area (Å²) in [5, 5.41) is 3.58. The first kappa shape index (κ1) is 15.9. The summed E-state index contributed by atoms with van der Waals surface area (Å²) in [7, 11) is 2.17. The Labute approximate surface area is 112 Å². The van der Waals surface area contributed by atoms with Crippen molar-refractivity contribution in [1.29, 1.82) is 0 Å². The van der Waals surface area contributed by atoms with Crippen LogP contribution in [0.1, 0.15) is 27.2 Å². The Morgan fingerprint density at radius 3 is 2.89 bits per heavy atom. The van der Waals surface area contributed by atoms with E-state index in [1.807, 2.05) is 0 Å². The van der Waals surface area contributed by atoms with Crippen molar-refractivity contribution in [2.75, 3.05) is 46.5 Å². The maximum atomic E-state index is 5.60. The fraction of sp³-hybridized carbons (Fsp3) is 1.00. The predicted molar refractivity (Wildman–Crippen MR) is 75.0 cm³/mol. The molecule has 0 aromatic heterocycles. The Kier molecular flexibility index (Phi) is 7.82. The van der Waals surface area contributed by atoms with Crippen molar-refractivity contribution in [1.82, 2.24) is 10.2 Å². The molecule has 4 nitrogen and oxygen atoms in total. The number of hydrogen-bond donors (Lipinski definition) is 1. The minimum Gasteiger partial charge on any atom is -0.381 e. The van der Waals surface area contributed by atoms with Gasteiger partial charge in [-0.2, -0.15) is 0 Å². The van der Waals surface area contributed by atoms with Crippen LogP contribution in [0.2, 0.25) is 0 Å². The van der Waals surface area contributed by atoms with Gasteiger partial charge in [0.1, 0.15) is 0 Å². The van der Waals surface area contributed by atoms with E-state index >= 15 is 0 Å². The van der Waals surface area contributed by atoms with Crippen molar-refractivity contribution in [2.24, 2.45) is 5.92 Å². The number of ether oxygens (including phenoxy) is 2. The van der Waals surface area contributed by atoms with Crippen molar-refractivity contribution in [2.45, 2.75) is 39.3 Å². The minimum absolute atomic E-state index is 0.325. The number of rotatable bonds is 8. The molecule has 1 rings (SSSR count). The van der Waals surface area contributed by atoms with Gasteiger partial charge in [-0.3, -0.25) is 0 Å². The number of likely N-dealkylation sites (N-methyl/N-ethyl adjacent to an activating group) is 1. The average molecular weight is 258 g/mol. The SMILES string of the molecule is CCNC1CCOCC1CN(C)CCOC(C)C. The van der Waals surface area contributed by atoms with Crippen LogP contribution in [0.5, 0.6) is 0 Å². The van der Waals surface area contributed by atoms with Gasteiger partial charge in [0.25, 0.3) is 0 Å². The van der Waals surface area contributed by atoms with Gasteiger partial charge >= 0.3 is 0 Å². The molecule has 1 fully saturated rings. The second-order valence-corrected chi connectivity index (χ2v) is 5.47. The van der Waals surface area contributed by atoms with E-state index in [-0.39, 0.29) is 0 Å². The molecule has 1 aliphatic rings. The highest BCUT2D eigenvalue weighted by Crippen LogP contribution is 2.15. The largest absolute Gasteiger partial charge is 0.381 e. The monoisotopic (exact) mass is 258 g/mol. The van der Waals surface area contributed by atoms with Crippen LogP contribution in [0.15, 0.2) is 0 Å². The molecule has 0 aromatic rings. The van der Waals surface area contributed by atoms with E-state index in [0.717, 1.165) is 45.9 Å². The van der Waals surface area contributed by atoms with E-state index in [4.69, 9.17) is 9.47 Å². The third-order valence-electron chi connectivity index (χ3n) is 3.41. The third-order valence-corrected chi connectivity index (χ3v) is 3.41. The average Bonchev–Trinajstić information content (AvgIpc) is 2.31. The molecule has 1 heterocycles. The Hall–Kier alpha value is -0.160. The van der Waals surface area contributed by atoms with Gasteiger partial charge in [0, 0.05) is 31.7 Å². The van der Waals surface area contributed by atoms with Crippen LogP contribution in [0.25, 0.3) is 0 Å². The summed E-state index contributed by atoms with van der Waals surface area (Å²) in [5.41, 5.74) is 0. The standard InChI is InChI=1S/C14H30N2O2/c1-5-15-14-6-8-17-11-13(14)10-16(4)7-9-18-12(2)3/h12-15H,5-11H2,1-4H3. The highest BCUT2D eigenvalue weighted by molar-refractivity contribution is 4.81. The highest BCUT2D eigenvalue weighted by Gasteiger charge is 2.25. The molecular formula is C14H30N2O2. The molecule has 0 aliphatic carbocycles. The summed E-state index contributed by atoms with van der Waals surface area (Å²) >= 11 is 0. The van der Waals surface area contributed by atoms with E-state index in [1.165, 1.54) is 0 Å². The number of nitrogens with one attached hydrogen (secondary N) is 1. The van der Waals surface area contributed by atoms with Gasteiger partial charge in [0.15, 0.2) is 0 Å². The van der Waals surface area contributed by atoms with Crippen molar-refractivity contribution in [3.63, 3.8) is 0 Å². The summed E-state index contributed by atoms with van der Waals surface area (Å²) < 4.78 is 11.2. The van der Waals surface area contributed by atoms with E-state index in [0.29, 0.717) is 18.1 Å². The fourth-order valence-corrected chi connectivity index (χ4v) is 2.44. The van der Waals surface area contributed by atoms with Crippen LogP contribution >= 0.6 is 0 Å². The molecule has 1 aliphatic heterocycles. The molecule has 0 radical (unpaired) electrons. The minimum atomic E-state index is 0.325. The smallest absolute Gasteiger partial charge is 0.0596 e. The summed E-state index contributed by atoms with van der Waals surface area (Å²) in [6, 6.07) is 0.609. The molecular weight excluding hydrogens is 228 g/mol. The van der Waals surface area contributed by atoms with Gasteiger partial charge in [-0.1, -0.05) is 6.92 Å². The van der Waals surface area contributed by atoms with Crippen molar-refractivity contribution < 1.29 is 9.47 Å². The molecule has 2 unspecified atom stereocenters. The lowest BCUT2D eigenvalue weighted by Crippen LogP contribution is -2.47. The summed E-state index contributed by atoms with van der Waals surface area (Å²) in [4.78, 5) is 2.35. The van der Waals surface area contributed by atoms with E-state index < -0.39 is 0 Å². The number of hydrogen-bond acceptors (Lipinski definition) is 4. The lowest BCUT2D eigenvalue weighted by molar-refractivity contribution is 0.0124.